The van der Waals surface area contributed by atoms with Crippen LogP contribution < -0.4 is 5.32 Å². The SMILES string of the molecule is CC(=O)C(Cc1ccc(C)c(N=C=O)c1)NCC(=O)c1ccc(N=C=O)cc1. The standard InChI is InChI=1S/C21H19N3O4/c1-14-3-4-16(9-19(14)24-13-26)10-20(15(2)27)22-11-21(28)17-5-7-18(8-6-17)23-12-25/h3-9,20,22H,10-11H2,1-2H3. The molecule has 0 aromatic heterocycles. The number of nitrogens with zero attached hydrogens (tertiary/aromatic N) is 2. The minimum absolute atomic E-state index is 0.0221. The van der Waals surface area contributed by atoms with E-state index >= 15 is 0 Å². The monoisotopic (exact) mass is 377 g/mol. The molecule has 2 aromatic carbocycles. The largest absolute Gasteiger partial charge is 0.300 e. The summed E-state index contributed by atoms with van der Waals surface area (Å²) in [5.41, 5.74) is 3.00. The van der Waals surface area contributed by atoms with Crippen LogP contribution in [0.2, 0.25) is 0 Å². The maximum absolute atomic E-state index is 12.3. The molecule has 0 aliphatic rings. The summed E-state index contributed by atoms with van der Waals surface area (Å²) < 4.78 is 0. The van der Waals surface area contributed by atoms with Gasteiger partial charge in [-0.2, -0.15) is 9.98 Å². The van der Waals surface area contributed by atoms with Crippen molar-refractivity contribution in [2.24, 2.45) is 9.98 Å². The summed E-state index contributed by atoms with van der Waals surface area (Å²) >= 11 is 0. The quantitative estimate of drug-likeness (QED) is 0.411. The van der Waals surface area contributed by atoms with Crippen molar-refractivity contribution in [2.75, 3.05) is 6.54 Å². The number of carbonyl (C=O) groups is 2. The van der Waals surface area contributed by atoms with Crippen LogP contribution in [0.3, 0.4) is 0 Å². The van der Waals surface area contributed by atoms with E-state index in [0.717, 1.165) is 11.1 Å². The van der Waals surface area contributed by atoms with Gasteiger partial charge in [0.1, 0.15) is 5.78 Å². The van der Waals surface area contributed by atoms with Crippen LogP contribution in [0.1, 0.15) is 28.4 Å². The number of rotatable bonds is 9. The first kappa shape index (κ1) is 20.8. The fourth-order valence-corrected chi connectivity index (χ4v) is 2.64. The fourth-order valence-electron chi connectivity index (χ4n) is 2.64. The van der Waals surface area contributed by atoms with E-state index in [1.807, 2.05) is 19.1 Å². The van der Waals surface area contributed by atoms with Gasteiger partial charge in [0.15, 0.2) is 5.78 Å². The molecule has 0 saturated carbocycles. The first-order valence-electron chi connectivity index (χ1n) is 8.57. The Balaban J connectivity index is 2.05. The summed E-state index contributed by atoms with van der Waals surface area (Å²) in [5, 5.41) is 2.98. The summed E-state index contributed by atoms with van der Waals surface area (Å²) in [6, 6.07) is 11.1. The van der Waals surface area contributed by atoms with Gasteiger partial charge >= 0.3 is 0 Å². The third-order valence-electron chi connectivity index (χ3n) is 4.24. The molecule has 2 rings (SSSR count). The molecule has 0 saturated heterocycles. The Morgan fingerprint density at radius 3 is 2.32 bits per heavy atom. The van der Waals surface area contributed by atoms with Gasteiger partial charge in [-0.15, -0.1) is 0 Å². The predicted molar refractivity (Wildman–Crippen MR) is 104 cm³/mol. The number of hydrogen-bond donors (Lipinski definition) is 1. The number of aryl methyl sites for hydroxylation is 1. The number of aliphatic imine (C=N–C) groups is 2. The van der Waals surface area contributed by atoms with Crippen LogP contribution in [0, 0.1) is 6.92 Å². The number of carbonyl (C=O) groups excluding carboxylic acids is 4. The minimum Gasteiger partial charge on any atom is -0.300 e. The fraction of sp³-hybridized carbons (Fsp3) is 0.238. The molecule has 0 fully saturated rings. The highest BCUT2D eigenvalue weighted by Gasteiger charge is 2.17. The Morgan fingerprint density at radius 1 is 1.04 bits per heavy atom. The van der Waals surface area contributed by atoms with Crippen molar-refractivity contribution in [2.45, 2.75) is 26.3 Å². The molecule has 1 unspecified atom stereocenters. The van der Waals surface area contributed by atoms with Gasteiger partial charge in [-0.1, -0.05) is 12.1 Å². The second kappa shape index (κ2) is 10.00. The van der Waals surface area contributed by atoms with Crippen LogP contribution in [0.4, 0.5) is 11.4 Å². The van der Waals surface area contributed by atoms with Crippen molar-refractivity contribution < 1.29 is 19.2 Å². The maximum Gasteiger partial charge on any atom is 0.240 e. The Kier molecular flexibility index (Phi) is 7.43. The average Bonchev–Trinajstić information content (AvgIpc) is 2.68. The van der Waals surface area contributed by atoms with Crippen molar-refractivity contribution >= 4 is 35.1 Å². The summed E-state index contributed by atoms with van der Waals surface area (Å²) in [6.07, 6.45) is 3.31. The lowest BCUT2D eigenvalue weighted by Gasteiger charge is -2.16. The normalized spacial score (nSPS) is 11.1. The van der Waals surface area contributed by atoms with Gasteiger partial charge in [0.2, 0.25) is 12.2 Å². The van der Waals surface area contributed by atoms with E-state index in [1.165, 1.54) is 19.1 Å². The zero-order valence-electron chi connectivity index (χ0n) is 15.6. The molecule has 0 radical (unpaired) electrons. The molecule has 1 atom stereocenters. The molecule has 142 valence electrons. The molecule has 0 bridgehead atoms. The highest BCUT2D eigenvalue weighted by molar-refractivity contribution is 5.98. The Labute approximate surface area is 162 Å². The second-order valence-electron chi connectivity index (χ2n) is 6.25. The van der Waals surface area contributed by atoms with E-state index in [4.69, 9.17) is 0 Å². The molecule has 7 nitrogen and oxygen atoms in total. The van der Waals surface area contributed by atoms with Gasteiger partial charge in [0, 0.05) is 5.56 Å². The molecule has 0 spiro atoms. The third-order valence-corrected chi connectivity index (χ3v) is 4.24. The van der Waals surface area contributed by atoms with E-state index in [9.17, 15) is 19.2 Å². The van der Waals surface area contributed by atoms with E-state index in [1.54, 1.807) is 30.3 Å². The molecule has 7 heteroatoms. The van der Waals surface area contributed by atoms with Crippen molar-refractivity contribution in [3.63, 3.8) is 0 Å². The van der Waals surface area contributed by atoms with Crippen LogP contribution in [-0.2, 0) is 20.8 Å². The molecule has 2 aromatic rings. The topological polar surface area (TPSA) is 105 Å². The van der Waals surface area contributed by atoms with Gasteiger partial charge in [-0.05, 0) is 61.7 Å². The second-order valence-corrected chi connectivity index (χ2v) is 6.25. The highest BCUT2D eigenvalue weighted by atomic mass is 16.1. The summed E-state index contributed by atoms with van der Waals surface area (Å²) in [5.74, 6) is -0.299. The van der Waals surface area contributed by atoms with Crippen molar-refractivity contribution in [3.05, 3.63) is 59.2 Å². The van der Waals surface area contributed by atoms with Crippen molar-refractivity contribution in [1.82, 2.24) is 5.32 Å². The Bertz CT molecular complexity index is 970. The van der Waals surface area contributed by atoms with Crippen LogP contribution in [0.5, 0.6) is 0 Å². The van der Waals surface area contributed by atoms with Crippen molar-refractivity contribution in [3.8, 4) is 0 Å². The van der Waals surface area contributed by atoms with Gasteiger partial charge in [-0.25, -0.2) is 9.59 Å². The maximum atomic E-state index is 12.3. The molecular formula is C21H19N3O4. The van der Waals surface area contributed by atoms with Gasteiger partial charge in [0.05, 0.1) is 24.0 Å². The van der Waals surface area contributed by atoms with Crippen LogP contribution >= 0.6 is 0 Å². The zero-order valence-corrected chi connectivity index (χ0v) is 15.6. The molecule has 0 aliphatic heterocycles. The lowest BCUT2D eigenvalue weighted by Crippen LogP contribution is -2.40. The summed E-state index contributed by atoms with van der Waals surface area (Å²) in [7, 11) is 0. The van der Waals surface area contributed by atoms with Gasteiger partial charge < -0.3 is 0 Å². The van der Waals surface area contributed by atoms with Crippen LogP contribution in [0.25, 0.3) is 0 Å². The molecular weight excluding hydrogens is 358 g/mol. The van der Waals surface area contributed by atoms with E-state index in [2.05, 4.69) is 15.3 Å². The number of isocyanates is 2. The van der Waals surface area contributed by atoms with E-state index in [0.29, 0.717) is 23.4 Å². The first-order valence-corrected chi connectivity index (χ1v) is 8.57. The van der Waals surface area contributed by atoms with E-state index in [-0.39, 0.29) is 18.1 Å². The molecule has 0 amide bonds. The Hall–Kier alpha value is -3.50. The minimum atomic E-state index is -0.557. The summed E-state index contributed by atoms with van der Waals surface area (Å²) in [6.45, 7) is 3.25. The number of ketones is 2. The van der Waals surface area contributed by atoms with Crippen molar-refractivity contribution in [1.29, 1.82) is 0 Å². The smallest absolute Gasteiger partial charge is 0.240 e. The molecule has 0 heterocycles. The van der Waals surface area contributed by atoms with Gasteiger partial charge in [-0.3, -0.25) is 14.9 Å². The van der Waals surface area contributed by atoms with Crippen LogP contribution in [-0.4, -0.2) is 36.3 Å². The number of Topliss-reactive ketones (excluding diaryl/α,β-unsaturated/α-hetero) is 2. The molecule has 0 aliphatic carbocycles. The lowest BCUT2D eigenvalue weighted by molar-refractivity contribution is -0.118. The lowest BCUT2D eigenvalue weighted by atomic mass is 10.0. The zero-order chi connectivity index (χ0) is 20.5. The molecule has 1 N–H and O–H groups in total. The summed E-state index contributed by atoms with van der Waals surface area (Å²) in [4.78, 5) is 52.2. The average molecular weight is 377 g/mol. The van der Waals surface area contributed by atoms with Crippen LogP contribution in [0.15, 0.2) is 52.4 Å². The highest BCUT2D eigenvalue weighted by Crippen LogP contribution is 2.20. The first-order chi connectivity index (χ1) is 13.4. The van der Waals surface area contributed by atoms with E-state index < -0.39 is 6.04 Å². The molecule has 28 heavy (non-hydrogen) atoms. The number of hydrogen-bond acceptors (Lipinski definition) is 7. The number of benzene rings is 2. The van der Waals surface area contributed by atoms with Gasteiger partial charge in [0.25, 0.3) is 0 Å². The predicted octanol–water partition coefficient (Wildman–Crippen LogP) is 2.90. The Morgan fingerprint density at radius 2 is 1.71 bits per heavy atom. The number of nitrogens with one attached hydrogen (secondary N) is 1. The third kappa shape index (κ3) is 5.76.